The molecule has 0 spiro atoms. The SMILES string of the molecule is CCCCOCCOCCOCCN1CCCCC1.c1ccc2nc3ccccc3cc2c1. The maximum absolute atomic E-state index is 5.57. The topological polar surface area (TPSA) is 43.8 Å². The molecule has 1 aliphatic heterocycles. The number of rotatable bonds is 12. The molecule has 180 valence electrons. The third-order valence-electron chi connectivity index (χ3n) is 5.81. The standard InChI is InChI=1S/C15H31NO3.C13H9N/c1-2-3-10-17-12-14-19-15-13-18-11-9-16-7-5-4-6-8-16;1-3-7-12-10(5-1)9-11-6-2-4-8-13(11)14-12/h2-15H2,1H3;1-9H. The van der Waals surface area contributed by atoms with Crippen molar-refractivity contribution >= 4 is 21.8 Å². The van der Waals surface area contributed by atoms with Crippen molar-refractivity contribution in [3.05, 3.63) is 54.6 Å². The second kappa shape index (κ2) is 15.7. The summed E-state index contributed by atoms with van der Waals surface area (Å²) in [5, 5.41) is 2.40. The highest BCUT2D eigenvalue weighted by Gasteiger charge is 2.08. The van der Waals surface area contributed by atoms with Crippen molar-refractivity contribution in [3.8, 4) is 0 Å². The average molecular weight is 453 g/mol. The van der Waals surface area contributed by atoms with Gasteiger partial charge in [0.15, 0.2) is 0 Å². The van der Waals surface area contributed by atoms with Crippen LogP contribution in [-0.4, -0.2) is 69.2 Å². The lowest BCUT2D eigenvalue weighted by Crippen LogP contribution is -2.32. The first-order valence-electron chi connectivity index (χ1n) is 12.6. The highest BCUT2D eigenvalue weighted by atomic mass is 16.5. The van der Waals surface area contributed by atoms with E-state index in [2.05, 4.69) is 35.0 Å². The summed E-state index contributed by atoms with van der Waals surface area (Å²) in [6.07, 6.45) is 6.42. The molecule has 0 saturated carbocycles. The zero-order valence-electron chi connectivity index (χ0n) is 20.2. The van der Waals surface area contributed by atoms with Gasteiger partial charge in [-0.05, 0) is 50.6 Å². The Hall–Kier alpha value is -2.05. The van der Waals surface area contributed by atoms with Gasteiger partial charge >= 0.3 is 0 Å². The van der Waals surface area contributed by atoms with E-state index in [1.54, 1.807) is 0 Å². The van der Waals surface area contributed by atoms with Gasteiger partial charge in [-0.3, -0.25) is 0 Å². The van der Waals surface area contributed by atoms with Crippen LogP contribution in [0.4, 0.5) is 0 Å². The Bertz CT molecular complexity index is 807. The number of para-hydroxylation sites is 2. The Morgan fingerprint density at radius 1 is 0.697 bits per heavy atom. The zero-order valence-corrected chi connectivity index (χ0v) is 20.2. The minimum absolute atomic E-state index is 0.678. The Labute approximate surface area is 199 Å². The molecule has 3 aromatic rings. The van der Waals surface area contributed by atoms with Crippen LogP contribution in [0.25, 0.3) is 21.8 Å². The summed E-state index contributed by atoms with van der Waals surface area (Å²) in [5.41, 5.74) is 2.12. The van der Waals surface area contributed by atoms with E-state index in [9.17, 15) is 0 Å². The summed E-state index contributed by atoms with van der Waals surface area (Å²) in [6, 6.07) is 18.6. The van der Waals surface area contributed by atoms with E-state index in [-0.39, 0.29) is 0 Å². The molecule has 33 heavy (non-hydrogen) atoms. The third kappa shape index (κ3) is 9.76. The maximum atomic E-state index is 5.57. The molecule has 0 unspecified atom stereocenters. The molecule has 2 heterocycles. The minimum atomic E-state index is 0.678. The van der Waals surface area contributed by atoms with Gasteiger partial charge in [-0.15, -0.1) is 0 Å². The molecule has 0 N–H and O–H groups in total. The smallest absolute Gasteiger partial charge is 0.0709 e. The van der Waals surface area contributed by atoms with Crippen LogP contribution < -0.4 is 0 Å². The number of fused-ring (bicyclic) bond motifs is 2. The second-order valence-corrected chi connectivity index (χ2v) is 8.47. The number of nitrogens with zero attached hydrogens (tertiary/aromatic N) is 2. The van der Waals surface area contributed by atoms with E-state index < -0.39 is 0 Å². The van der Waals surface area contributed by atoms with Crippen LogP contribution in [0.1, 0.15) is 39.0 Å². The van der Waals surface area contributed by atoms with Crippen molar-refractivity contribution in [3.63, 3.8) is 0 Å². The van der Waals surface area contributed by atoms with Crippen LogP contribution in [0.15, 0.2) is 54.6 Å². The van der Waals surface area contributed by atoms with E-state index in [0.29, 0.717) is 26.4 Å². The predicted molar refractivity (Wildman–Crippen MR) is 137 cm³/mol. The number of hydrogen-bond donors (Lipinski definition) is 0. The van der Waals surface area contributed by atoms with Gasteiger partial charge in [0.05, 0.1) is 44.1 Å². The summed E-state index contributed by atoms with van der Waals surface area (Å²) in [4.78, 5) is 7.07. The van der Waals surface area contributed by atoms with Gasteiger partial charge in [0, 0.05) is 23.9 Å². The quantitative estimate of drug-likeness (QED) is 0.260. The van der Waals surface area contributed by atoms with Crippen molar-refractivity contribution in [2.45, 2.75) is 39.0 Å². The van der Waals surface area contributed by atoms with Gasteiger partial charge < -0.3 is 19.1 Å². The summed E-state index contributed by atoms with van der Waals surface area (Å²) in [6.45, 7) is 10.2. The number of hydrogen-bond acceptors (Lipinski definition) is 5. The van der Waals surface area contributed by atoms with Crippen LogP contribution >= 0.6 is 0 Å². The molecular formula is C28H40N2O3. The van der Waals surface area contributed by atoms with E-state index in [1.165, 1.54) is 49.5 Å². The van der Waals surface area contributed by atoms with Crippen molar-refractivity contribution in [1.82, 2.24) is 9.88 Å². The summed E-state index contributed by atoms with van der Waals surface area (Å²) < 4.78 is 16.4. The van der Waals surface area contributed by atoms with Gasteiger partial charge in [0.25, 0.3) is 0 Å². The fraction of sp³-hybridized carbons (Fsp3) is 0.536. The lowest BCUT2D eigenvalue weighted by atomic mass is 10.1. The number of ether oxygens (including phenoxy) is 3. The van der Waals surface area contributed by atoms with E-state index >= 15 is 0 Å². The first-order chi connectivity index (χ1) is 16.4. The Kier molecular flexibility index (Phi) is 12.2. The largest absolute Gasteiger partial charge is 0.379 e. The van der Waals surface area contributed by atoms with Crippen LogP contribution in [0.2, 0.25) is 0 Å². The molecular weight excluding hydrogens is 412 g/mol. The molecule has 0 radical (unpaired) electrons. The predicted octanol–water partition coefficient (Wildman–Crippen LogP) is 5.71. The summed E-state index contributed by atoms with van der Waals surface area (Å²) in [5.74, 6) is 0. The molecule has 1 saturated heterocycles. The van der Waals surface area contributed by atoms with Crippen LogP contribution in [0.3, 0.4) is 0 Å². The van der Waals surface area contributed by atoms with Crippen molar-refractivity contribution in [2.24, 2.45) is 0 Å². The van der Waals surface area contributed by atoms with Crippen molar-refractivity contribution in [2.75, 3.05) is 59.3 Å². The van der Waals surface area contributed by atoms with Crippen LogP contribution in [0, 0.1) is 0 Å². The number of aromatic nitrogens is 1. The highest BCUT2D eigenvalue weighted by molar-refractivity contribution is 5.92. The monoisotopic (exact) mass is 452 g/mol. The van der Waals surface area contributed by atoms with Gasteiger partial charge in [0.1, 0.15) is 0 Å². The third-order valence-corrected chi connectivity index (χ3v) is 5.81. The Balaban J connectivity index is 0.000000192. The van der Waals surface area contributed by atoms with Gasteiger partial charge in [-0.1, -0.05) is 56.2 Å². The number of benzene rings is 2. The molecule has 0 atom stereocenters. The lowest BCUT2D eigenvalue weighted by Gasteiger charge is -2.26. The van der Waals surface area contributed by atoms with Gasteiger partial charge in [0.2, 0.25) is 0 Å². The number of piperidine rings is 1. The number of pyridine rings is 1. The molecule has 0 aliphatic carbocycles. The zero-order chi connectivity index (χ0) is 23.0. The van der Waals surface area contributed by atoms with Crippen LogP contribution in [-0.2, 0) is 14.2 Å². The number of unbranched alkanes of at least 4 members (excludes halogenated alkanes) is 1. The minimum Gasteiger partial charge on any atom is -0.379 e. The molecule has 1 aliphatic rings. The fourth-order valence-electron chi connectivity index (χ4n) is 3.89. The summed E-state index contributed by atoms with van der Waals surface area (Å²) >= 11 is 0. The first kappa shape index (κ1) is 25.6. The molecule has 2 aromatic carbocycles. The average Bonchev–Trinajstić information content (AvgIpc) is 2.87. The van der Waals surface area contributed by atoms with Crippen molar-refractivity contribution < 1.29 is 14.2 Å². The summed E-state index contributed by atoms with van der Waals surface area (Å²) in [7, 11) is 0. The lowest BCUT2D eigenvalue weighted by molar-refractivity contribution is 0.00939. The Morgan fingerprint density at radius 3 is 1.85 bits per heavy atom. The molecule has 0 amide bonds. The first-order valence-corrected chi connectivity index (χ1v) is 12.6. The highest BCUT2D eigenvalue weighted by Crippen LogP contribution is 2.18. The molecule has 4 rings (SSSR count). The molecule has 5 heteroatoms. The normalized spacial score (nSPS) is 14.3. The fourth-order valence-corrected chi connectivity index (χ4v) is 3.89. The van der Waals surface area contributed by atoms with E-state index in [1.807, 2.05) is 36.4 Å². The number of likely N-dealkylation sites (tertiary alicyclic amines) is 1. The Morgan fingerprint density at radius 2 is 1.24 bits per heavy atom. The molecule has 1 aromatic heterocycles. The van der Waals surface area contributed by atoms with Gasteiger partial charge in [-0.25, -0.2) is 4.98 Å². The van der Waals surface area contributed by atoms with Crippen LogP contribution in [0.5, 0.6) is 0 Å². The van der Waals surface area contributed by atoms with E-state index in [0.717, 1.165) is 37.2 Å². The second-order valence-electron chi connectivity index (χ2n) is 8.47. The molecule has 5 nitrogen and oxygen atoms in total. The molecule has 0 bridgehead atoms. The van der Waals surface area contributed by atoms with Crippen molar-refractivity contribution in [1.29, 1.82) is 0 Å². The van der Waals surface area contributed by atoms with Gasteiger partial charge in [-0.2, -0.15) is 0 Å². The molecule has 1 fully saturated rings. The van der Waals surface area contributed by atoms with E-state index in [4.69, 9.17) is 14.2 Å². The maximum Gasteiger partial charge on any atom is 0.0709 e.